The van der Waals surface area contributed by atoms with Gasteiger partial charge in [-0.05, 0) is 19.3 Å². The zero-order valence-electron chi connectivity index (χ0n) is 11.5. The Balaban J connectivity index is 2.05. The Labute approximate surface area is 117 Å². The number of ether oxygens (including phenoxy) is 1. The van der Waals surface area contributed by atoms with Gasteiger partial charge < -0.3 is 19.7 Å². The lowest BCUT2D eigenvalue weighted by Gasteiger charge is -2.55. The third-order valence-corrected chi connectivity index (χ3v) is 5.61. The Hall–Kier alpha value is -1.20. The largest absolute Gasteiger partial charge is 0.458 e. The van der Waals surface area contributed by atoms with Crippen LogP contribution in [-0.4, -0.2) is 40.8 Å². The van der Waals surface area contributed by atoms with Crippen LogP contribution >= 0.6 is 0 Å². The zero-order valence-corrected chi connectivity index (χ0v) is 11.5. The van der Waals surface area contributed by atoms with Crippen LogP contribution in [0, 0.1) is 23.2 Å². The van der Waals surface area contributed by atoms with E-state index in [1.165, 1.54) is 0 Å². The van der Waals surface area contributed by atoms with Crippen molar-refractivity contribution in [2.75, 3.05) is 0 Å². The topological polar surface area (TPSA) is 83.8 Å². The van der Waals surface area contributed by atoms with Crippen LogP contribution in [0.2, 0.25) is 0 Å². The molecule has 5 nitrogen and oxygen atoms in total. The van der Waals surface area contributed by atoms with Crippen LogP contribution < -0.4 is 0 Å². The van der Waals surface area contributed by atoms with Crippen molar-refractivity contribution in [3.63, 3.8) is 0 Å². The van der Waals surface area contributed by atoms with Crippen molar-refractivity contribution in [3.05, 3.63) is 12.2 Å². The van der Waals surface area contributed by atoms with E-state index in [4.69, 9.17) is 4.74 Å². The highest BCUT2D eigenvalue weighted by Crippen LogP contribution is 2.57. The lowest BCUT2D eigenvalue weighted by atomic mass is 9.52. The van der Waals surface area contributed by atoms with E-state index in [-0.39, 0.29) is 17.4 Å². The molecule has 0 unspecified atom stereocenters. The summed E-state index contributed by atoms with van der Waals surface area (Å²) in [5.41, 5.74) is -0.316. The average Bonchev–Trinajstić information content (AvgIpc) is 2.68. The number of hydrogen-bond acceptors (Lipinski definition) is 5. The molecule has 0 aromatic carbocycles. The van der Waals surface area contributed by atoms with Crippen LogP contribution in [0.15, 0.2) is 12.2 Å². The van der Waals surface area contributed by atoms with Gasteiger partial charge in [0, 0.05) is 22.8 Å². The quantitative estimate of drug-likeness (QED) is 0.414. The van der Waals surface area contributed by atoms with E-state index in [1.807, 2.05) is 6.92 Å². The molecule has 3 rings (SSSR count). The summed E-state index contributed by atoms with van der Waals surface area (Å²) in [6, 6.07) is 0. The van der Waals surface area contributed by atoms with E-state index in [0.29, 0.717) is 19.3 Å². The average molecular weight is 280 g/mol. The van der Waals surface area contributed by atoms with Gasteiger partial charge >= 0.3 is 5.97 Å². The molecule has 2 N–H and O–H groups in total. The molecule has 110 valence electrons. The first-order chi connectivity index (χ1) is 9.40. The molecule has 3 aliphatic rings. The van der Waals surface area contributed by atoms with Crippen molar-refractivity contribution in [2.45, 2.75) is 44.5 Å². The number of fused-ring (bicyclic) bond motifs is 3. The number of esters is 1. The minimum absolute atomic E-state index is 0.248. The Bertz CT molecular complexity index is 473. The van der Waals surface area contributed by atoms with Crippen molar-refractivity contribution >= 4 is 12.3 Å². The fourth-order valence-corrected chi connectivity index (χ4v) is 4.55. The molecule has 2 aliphatic carbocycles. The molecule has 1 saturated heterocycles. The molecule has 0 aromatic rings. The van der Waals surface area contributed by atoms with E-state index in [0.717, 1.165) is 6.29 Å². The molecule has 0 radical (unpaired) electrons. The predicted octanol–water partition coefficient (Wildman–Crippen LogP) is 0.441. The highest BCUT2D eigenvalue weighted by Gasteiger charge is 2.62. The highest BCUT2D eigenvalue weighted by atomic mass is 16.6. The van der Waals surface area contributed by atoms with Crippen molar-refractivity contribution in [1.29, 1.82) is 0 Å². The first-order valence-corrected chi connectivity index (χ1v) is 7.11. The second-order valence-electron chi connectivity index (χ2n) is 6.62. The molecule has 0 spiro atoms. The summed E-state index contributed by atoms with van der Waals surface area (Å²) >= 11 is 0. The molecule has 3 fully saturated rings. The van der Waals surface area contributed by atoms with E-state index in [1.54, 1.807) is 0 Å². The molecule has 20 heavy (non-hydrogen) atoms. The number of aliphatic hydroxyl groups is 2. The predicted molar refractivity (Wildman–Crippen MR) is 69.5 cm³/mol. The van der Waals surface area contributed by atoms with Crippen molar-refractivity contribution < 1.29 is 24.5 Å². The summed E-state index contributed by atoms with van der Waals surface area (Å²) in [5, 5.41) is 20.7. The van der Waals surface area contributed by atoms with Gasteiger partial charge in [-0.3, -0.25) is 0 Å². The molecule has 0 bridgehead atoms. The Morgan fingerprint density at radius 3 is 2.75 bits per heavy atom. The number of aldehydes is 1. The second kappa shape index (κ2) is 4.40. The second-order valence-corrected chi connectivity index (χ2v) is 6.62. The molecular weight excluding hydrogens is 260 g/mol. The van der Waals surface area contributed by atoms with Gasteiger partial charge in [-0.15, -0.1) is 0 Å². The maximum Gasteiger partial charge on any atom is 0.334 e. The number of carbonyl (C=O) groups is 2. The normalized spacial score (nSPS) is 51.1. The number of carbonyl (C=O) groups excluding carboxylic acids is 2. The van der Waals surface area contributed by atoms with Gasteiger partial charge in [-0.25, -0.2) is 4.79 Å². The van der Waals surface area contributed by atoms with Gasteiger partial charge in [0.2, 0.25) is 0 Å². The summed E-state index contributed by atoms with van der Waals surface area (Å²) in [5.74, 6) is -1.44. The van der Waals surface area contributed by atoms with Crippen LogP contribution in [0.4, 0.5) is 0 Å². The summed E-state index contributed by atoms with van der Waals surface area (Å²) < 4.78 is 5.39. The lowest BCUT2D eigenvalue weighted by Crippen LogP contribution is -2.59. The molecule has 2 saturated carbocycles. The number of aliphatic hydroxyl groups excluding tert-OH is 2. The standard InChI is InChI=1S/C15H20O5/c1-7-11-9(17)5-15(2)10(18)4-3-8(6-16)12(15)13(11)20-14(7)19/h6,8-13,17-18H,1,3-5H2,2H3/t8-,9+,10+,11-,12+,13-,15-/m1/s1. The van der Waals surface area contributed by atoms with E-state index >= 15 is 0 Å². The molecule has 0 amide bonds. The van der Waals surface area contributed by atoms with E-state index in [2.05, 4.69) is 6.58 Å². The van der Waals surface area contributed by atoms with Crippen LogP contribution in [0.25, 0.3) is 0 Å². The molecule has 5 heteroatoms. The van der Waals surface area contributed by atoms with Gasteiger partial charge in [0.15, 0.2) is 0 Å². The van der Waals surface area contributed by atoms with Crippen molar-refractivity contribution in [3.8, 4) is 0 Å². The third kappa shape index (κ3) is 1.63. The molecule has 1 aliphatic heterocycles. The molecule has 1 heterocycles. The summed E-state index contributed by atoms with van der Waals surface area (Å²) in [6.07, 6.45) is 0.489. The van der Waals surface area contributed by atoms with E-state index in [9.17, 15) is 19.8 Å². The van der Waals surface area contributed by atoms with Crippen molar-refractivity contribution in [2.24, 2.45) is 23.2 Å². The minimum atomic E-state index is -0.764. The van der Waals surface area contributed by atoms with Crippen molar-refractivity contribution in [1.82, 2.24) is 0 Å². The van der Waals surface area contributed by atoms with Crippen LogP contribution in [0.5, 0.6) is 0 Å². The Morgan fingerprint density at radius 1 is 1.40 bits per heavy atom. The van der Waals surface area contributed by atoms with Crippen LogP contribution in [0.3, 0.4) is 0 Å². The summed E-state index contributed by atoms with van der Waals surface area (Å²) in [6.45, 7) is 5.60. The van der Waals surface area contributed by atoms with Gasteiger partial charge in [-0.1, -0.05) is 13.5 Å². The highest BCUT2D eigenvalue weighted by molar-refractivity contribution is 5.91. The van der Waals surface area contributed by atoms with Gasteiger partial charge in [0.05, 0.1) is 18.1 Å². The third-order valence-electron chi connectivity index (χ3n) is 5.61. The number of hydrogen-bond donors (Lipinski definition) is 2. The summed E-state index contributed by atoms with van der Waals surface area (Å²) in [4.78, 5) is 23.1. The fraction of sp³-hybridized carbons (Fsp3) is 0.733. The summed E-state index contributed by atoms with van der Waals surface area (Å²) in [7, 11) is 0. The maximum absolute atomic E-state index is 11.8. The van der Waals surface area contributed by atoms with E-state index < -0.39 is 35.6 Å². The number of rotatable bonds is 1. The first-order valence-electron chi connectivity index (χ1n) is 7.11. The molecule has 0 aromatic heterocycles. The Morgan fingerprint density at radius 2 is 2.10 bits per heavy atom. The van der Waals surface area contributed by atoms with Crippen LogP contribution in [-0.2, 0) is 14.3 Å². The maximum atomic E-state index is 11.8. The Kier molecular flexibility index (Phi) is 3.03. The van der Waals surface area contributed by atoms with Gasteiger partial charge in [-0.2, -0.15) is 0 Å². The fourth-order valence-electron chi connectivity index (χ4n) is 4.55. The van der Waals surface area contributed by atoms with Gasteiger partial charge in [0.25, 0.3) is 0 Å². The van der Waals surface area contributed by atoms with Crippen LogP contribution in [0.1, 0.15) is 26.2 Å². The molecule has 7 atom stereocenters. The molecular formula is C15H20O5. The minimum Gasteiger partial charge on any atom is -0.458 e. The SMILES string of the molecule is C=C1C(=O)O[C@@H]2[C@H]1[C@@H](O)C[C@@]1(C)[C@H]2[C@@H](C=O)CC[C@@H]1O. The van der Waals surface area contributed by atoms with Gasteiger partial charge in [0.1, 0.15) is 12.4 Å². The zero-order chi connectivity index (χ0) is 14.7. The monoisotopic (exact) mass is 280 g/mol. The first kappa shape index (κ1) is 13.8. The lowest BCUT2D eigenvalue weighted by molar-refractivity contribution is -0.185. The smallest absolute Gasteiger partial charge is 0.334 e.